The zero-order valence-electron chi connectivity index (χ0n) is 9.34. The molecule has 2 aromatic rings. The largest absolute Gasteiger partial charge is 0.481 e. The summed E-state index contributed by atoms with van der Waals surface area (Å²) in [7, 11) is 0. The van der Waals surface area contributed by atoms with Gasteiger partial charge in [-0.25, -0.2) is 0 Å². The fourth-order valence-corrected chi connectivity index (χ4v) is 1.72. The van der Waals surface area contributed by atoms with Crippen molar-refractivity contribution in [2.45, 2.75) is 12.1 Å². The summed E-state index contributed by atoms with van der Waals surface area (Å²) < 4.78 is 5.20. The summed E-state index contributed by atoms with van der Waals surface area (Å²) in [6, 6.07) is 1.42. The molecule has 0 aliphatic rings. The van der Waals surface area contributed by atoms with Gasteiger partial charge in [0.15, 0.2) is 5.43 Å². The van der Waals surface area contributed by atoms with Gasteiger partial charge in [0, 0.05) is 18.0 Å². The number of H-pyrrole nitrogens is 1. The molecule has 0 spiro atoms. The maximum atomic E-state index is 11.7. The molecule has 0 aromatic carbocycles. The van der Waals surface area contributed by atoms with E-state index in [2.05, 4.69) is 15.2 Å². The van der Waals surface area contributed by atoms with Crippen molar-refractivity contribution in [2.24, 2.45) is 0 Å². The monoisotopic (exact) mass is 267 g/mol. The molecule has 0 bridgehead atoms. The summed E-state index contributed by atoms with van der Waals surface area (Å²) in [6.07, 6.45) is 1.48. The molecule has 0 saturated carbocycles. The molecule has 0 atom stereocenters. The third-order valence-electron chi connectivity index (χ3n) is 2.01. The number of thioether (sulfide) groups is 1. The smallest absolute Gasteiger partial charge is 0.314 e. The molecule has 0 unspecified atom stereocenters. The summed E-state index contributed by atoms with van der Waals surface area (Å²) in [5, 5.41) is 16.0. The van der Waals surface area contributed by atoms with Crippen molar-refractivity contribution in [1.82, 2.24) is 15.2 Å². The zero-order valence-corrected chi connectivity index (χ0v) is 10.2. The van der Waals surface area contributed by atoms with E-state index in [0.717, 1.165) is 17.5 Å². The van der Waals surface area contributed by atoms with Crippen LogP contribution < -0.4 is 5.43 Å². The van der Waals surface area contributed by atoms with Crippen LogP contribution in [0.15, 0.2) is 26.7 Å². The van der Waals surface area contributed by atoms with E-state index in [1.54, 1.807) is 6.92 Å². The highest BCUT2D eigenvalue weighted by atomic mass is 32.2. The van der Waals surface area contributed by atoms with Crippen LogP contribution in [0.2, 0.25) is 0 Å². The Morgan fingerprint density at radius 1 is 1.56 bits per heavy atom. The first kappa shape index (κ1) is 12.4. The normalized spacial score (nSPS) is 10.5. The topological polar surface area (TPSA) is 109 Å². The third-order valence-corrected chi connectivity index (χ3v) is 2.82. The van der Waals surface area contributed by atoms with Crippen molar-refractivity contribution < 1.29 is 14.3 Å². The van der Waals surface area contributed by atoms with Crippen LogP contribution in [-0.4, -0.2) is 32.0 Å². The summed E-state index contributed by atoms with van der Waals surface area (Å²) in [6.45, 7) is 1.76. The number of hydrogen-bond acceptors (Lipinski definition) is 6. The molecule has 8 heteroatoms. The summed E-state index contributed by atoms with van der Waals surface area (Å²) in [5.74, 6) is -1.08. The summed E-state index contributed by atoms with van der Waals surface area (Å²) in [4.78, 5) is 24.9. The SMILES string of the molecule is Cc1cc(=O)c(-c2nnc(SCC(=O)O)o2)c[nH]1. The Bertz CT molecular complexity index is 634. The molecule has 0 fully saturated rings. The average Bonchev–Trinajstić information content (AvgIpc) is 2.75. The number of aromatic amines is 1. The molecule has 94 valence electrons. The second-order valence-electron chi connectivity index (χ2n) is 3.45. The first-order valence-corrected chi connectivity index (χ1v) is 5.92. The van der Waals surface area contributed by atoms with E-state index in [1.165, 1.54) is 12.3 Å². The molecule has 7 nitrogen and oxygen atoms in total. The quantitative estimate of drug-likeness (QED) is 0.792. The van der Waals surface area contributed by atoms with Gasteiger partial charge in [-0.05, 0) is 6.92 Å². The van der Waals surface area contributed by atoms with Crippen LogP contribution in [0.1, 0.15) is 5.69 Å². The van der Waals surface area contributed by atoms with Crippen LogP contribution in [0.5, 0.6) is 0 Å². The number of nitrogens with zero attached hydrogens (tertiary/aromatic N) is 2. The number of carbonyl (C=O) groups is 1. The molecule has 0 amide bonds. The third kappa shape index (κ3) is 2.77. The van der Waals surface area contributed by atoms with E-state index in [4.69, 9.17) is 9.52 Å². The molecule has 2 rings (SSSR count). The van der Waals surface area contributed by atoms with E-state index in [1.807, 2.05) is 0 Å². The number of pyridine rings is 1. The highest BCUT2D eigenvalue weighted by Crippen LogP contribution is 2.20. The fourth-order valence-electron chi connectivity index (χ4n) is 1.24. The zero-order chi connectivity index (χ0) is 13.1. The Balaban J connectivity index is 2.24. The Kier molecular flexibility index (Phi) is 3.47. The molecule has 2 N–H and O–H groups in total. The van der Waals surface area contributed by atoms with Gasteiger partial charge in [-0.15, -0.1) is 10.2 Å². The molecular formula is C10H9N3O4S. The maximum absolute atomic E-state index is 11.7. The van der Waals surface area contributed by atoms with Crippen LogP contribution >= 0.6 is 11.8 Å². The number of carboxylic acid groups (broad SMARTS) is 1. The molecule has 2 heterocycles. The van der Waals surface area contributed by atoms with Crippen LogP contribution in [0.4, 0.5) is 0 Å². The van der Waals surface area contributed by atoms with Gasteiger partial charge in [0.25, 0.3) is 11.1 Å². The van der Waals surface area contributed by atoms with Gasteiger partial charge >= 0.3 is 5.97 Å². The Morgan fingerprint density at radius 3 is 3.00 bits per heavy atom. The summed E-state index contributed by atoms with van der Waals surface area (Å²) >= 11 is 0.901. The molecule has 0 saturated heterocycles. The van der Waals surface area contributed by atoms with Crippen molar-refractivity contribution >= 4 is 17.7 Å². The van der Waals surface area contributed by atoms with Gasteiger partial charge in [-0.1, -0.05) is 11.8 Å². The maximum Gasteiger partial charge on any atom is 0.314 e. The van der Waals surface area contributed by atoms with Crippen molar-refractivity contribution in [1.29, 1.82) is 0 Å². The highest BCUT2D eigenvalue weighted by Gasteiger charge is 2.13. The van der Waals surface area contributed by atoms with Crippen molar-refractivity contribution in [3.8, 4) is 11.5 Å². The predicted molar refractivity (Wildman–Crippen MR) is 63.5 cm³/mol. The van der Waals surface area contributed by atoms with Gasteiger partial charge in [-0.3, -0.25) is 9.59 Å². The number of carboxylic acids is 1. The minimum absolute atomic E-state index is 0.0733. The van der Waals surface area contributed by atoms with Crippen LogP contribution in [0.3, 0.4) is 0 Å². The predicted octanol–water partition coefficient (Wildman–Crippen LogP) is 0.910. The van der Waals surface area contributed by atoms with Gasteiger partial charge < -0.3 is 14.5 Å². The molecule has 2 aromatic heterocycles. The fraction of sp³-hybridized carbons (Fsp3) is 0.200. The number of nitrogens with one attached hydrogen (secondary N) is 1. The summed E-state index contributed by atoms with van der Waals surface area (Å²) in [5.41, 5.74) is 0.753. The highest BCUT2D eigenvalue weighted by molar-refractivity contribution is 7.99. The first-order valence-electron chi connectivity index (χ1n) is 4.94. The average molecular weight is 267 g/mol. The van der Waals surface area contributed by atoms with E-state index >= 15 is 0 Å². The van der Waals surface area contributed by atoms with Crippen LogP contribution in [-0.2, 0) is 4.79 Å². The molecule has 0 radical (unpaired) electrons. The Morgan fingerprint density at radius 2 is 2.33 bits per heavy atom. The lowest BCUT2D eigenvalue weighted by Gasteiger charge is -1.95. The lowest BCUT2D eigenvalue weighted by molar-refractivity contribution is -0.133. The Hall–Kier alpha value is -2.09. The van der Waals surface area contributed by atoms with E-state index in [0.29, 0.717) is 0 Å². The number of aromatic nitrogens is 3. The first-order chi connectivity index (χ1) is 8.56. The minimum Gasteiger partial charge on any atom is -0.481 e. The number of rotatable bonds is 4. The number of aryl methyl sites for hydroxylation is 1. The molecule has 0 aliphatic heterocycles. The van der Waals surface area contributed by atoms with Crippen molar-refractivity contribution in [3.05, 3.63) is 28.2 Å². The van der Waals surface area contributed by atoms with Gasteiger partial charge in [0.2, 0.25) is 0 Å². The van der Waals surface area contributed by atoms with Gasteiger partial charge in [0.05, 0.1) is 0 Å². The standard InChI is InChI=1S/C10H9N3O4S/c1-5-2-7(14)6(3-11-5)9-12-13-10(17-9)18-4-8(15)16/h2-3H,4H2,1H3,(H,11,14)(H,15,16). The minimum atomic E-state index is -0.979. The van der Waals surface area contributed by atoms with Gasteiger partial charge in [0.1, 0.15) is 11.3 Å². The second-order valence-corrected chi connectivity index (χ2v) is 4.38. The van der Waals surface area contributed by atoms with E-state index in [9.17, 15) is 9.59 Å². The second kappa shape index (κ2) is 5.05. The molecule has 0 aliphatic carbocycles. The lowest BCUT2D eigenvalue weighted by atomic mass is 10.2. The van der Waals surface area contributed by atoms with Crippen LogP contribution in [0.25, 0.3) is 11.5 Å². The lowest BCUT2D eigenvalue weighted by Crippen LogP contribution is -2.05. The van der Waals surface area contributed by atoms with E-state index < -0.39 is 5.97 Å². The van der Waals surface area contributed by atoms with Crippen molar-refractivity contribution in [2.75, 3.05) is 5.75 Å². The van der Waals surface area contributed by atoms with Crippen LogP contribution in [0, 0.1) is 6.92 Å². The van der Waals surface area contributed by atoms with Crippen molar-refractivity contribution in [3.63, 3.8) is 0 Å². The number of aliphatic carboxylic acids is 1. The Labute approximate surface area is 105 Å². The molecular weight excluding hydrogens is 258 g/mol. The number of hydrogen-bond donors (Lipinski definition) is 2. The van der Waals surface area contributed by atoms with E-state index in [-0.39, 0.29) is 27.9 Å². The van der Waals surface area contributed by atoms with Gasteiger partial charge in [-0.2, -0.15) is 0 Å². The molecule has 18 heavy (non-hydrogen) atoms.